The number of hydrogen-bond acceptors (Lipinski definition) is 3. The van der Waals surface area contributed by atoms with Gasteiger partial charge < -0.3 is 10.4 Å². The number of ketones is 1. The first kappa shape index (κ1) is 10.7. The van der Waals surface area contributed by atoms with E-state index >= 15 is 0 Å². The van der Waals surface area contributed by atoms with Gasteiger partial charge in [0.15, 0.2) is 5.78 Å². The Labute approximate surface area is 81.6 Å². The van der Waals surface area contributed by atoms with Gasteiger partial charge in [-0.3, -0.25) is 4.79 Å². The molecule has 76 valence electrons. The lowest BCUT2D eigenvalue weighted by molar-refractivity contribution is 0.0989. The van der Waals surface area contributed by atoms with Crippen molar-refractivity contribution in [2.24, 2.45) is 0 Å². The molecule has 0 bridgehead atoms. The number of likely N-dealkylation sites (N-methyl/N-ethyl adjacent to an activating group) is 1. The van der Waals surface area contributed by atoms with Crippen molar-refractivity contribution in [3.05, 3.63) is 29.1 Å². The number of aryl methyl sites for hydroxylation is 1. The number of aromatic hydroxyl groups is 1. The fraction of sp³-hybridized carbons (Fsp3) is 0.300. The molecule has 1 rings (SSSR count). The molecule has 1 aromatic carbocycles. The molecule has 0 radical (unpaired) electrons. The van der Waals surface area contributed by atoms with Gasteiger partial charge in [-0.15, -0.1) is 0 Å². The minimum atomic E-state index is -0.597. The van der Waals surface area contributed by atoms with Crippen LogP contribution in [0, 0.1) is 12.7 Å². The van der Waals surface area contributed by atoms with Crippen LogP contribution in [-0.2, 0) is 0 Å². The molecular formula is C10H12FNO2. The second kappa shape index (κ2) is 4.19. The molecule has 0 aliphatic heterocycles. The summed E-state index contributed by atoms with van der Waals surface area (Å²) in [6, 6.07) is 2.31. The summed E-state index contributed by atoms with van der Waals surface area (Å²) in [5.41, 5.74) is 0.339. The van der Waals surface area contributed by atoms with E-state index in [0.717, 1.165) is 12.1 Å². The Kier molecular flexibility index (Phi) is 3.19. The van der Waals surface area contributed by atoms with Crippen LogP contribution in [0.1, 0.15) is 15.9 Å². The predicted octanol–water partition coefficient (Wildman–Crippen LogP) is 1.24. The predicted molar refractivity (Wildman–Crippen MR) is 51.1 cm³/mol. The summed E-state index contributed by atoms with van der Waals surface area (Å²) < 4.78 is 13.2. The molecule has 0 spiro atoms. The van der Waals surface area contributed by atoms with Crippen LogP contribution in [0.4, 0.5) is 4.39 Å². The number of Topliss-reactive ketones (excluding diaryl/α,β-unsaturated/α-hetero) is 1. The van der Waals surface area contributed by atoms with E-state index in [1.54, 1.807) is 14.0 Å². The zero-order chi connectivity index (χ0) is 10.7. The van der Waals surface area contributed by atoms with Crippen molar-refractivity contribution >= 4 is 5.78 Å². The highest BCUT2D eigenvalue weighted by molar-refractivity contribution is 5.98. The van der Waals surface area contributed by atoms with E-state index in [9.17, 15) is 14.3 Å². The number of carbonyl (C=O) groups excluding carboxylic acids is 1. The molecule has 2 N–H and O–H groups in total. The number of benzene rings is 1. The molecule has 4 heteroatoms. The van der Waals surface area contributed by atoms with Gasteiger partial charge in [0.1, 0.15) is 11.6 Å². The molecular weight excluding hydrogens is 185 g/mol. The first-order valence-corrected chi connectivity index (χ1v) is 4.23. The molecule has 0 unspecified atom stereocenters. The minimum Gasteiger partial charge on any atom is -0.508 e. The number of halogens is 1. The van der Waals surface area contributed by atoms with E-state index in [4.69, 9.17) is 0 Å². The molecule has 14 heavy (non-hydrogen) atoms. The standard InChI is InChI=1S/C10H12FNO2/c1-6-3-8(11)7(4-9(6)13)10(14)5-12-2/h3-4,12-13H,5H2,1-2H3. The monoisotopic (exact) mass is 197 g/mol. The largest absolute Gasteiger partial charge is 0.508 e. The summed E-state index contributed by atoms with van der Waals surface area (Å²) in [5.74, 6) is -1.04. The summed E-state index contributed by atoms with van der Waals surface area (Å²) in [6.07, 6.45) is 0. The molecule has 0 amide bonds. The summed E-state index contributed by atoms with van der Waals surface area (Å²) >= 11 is 0. The number of phenols is 1. The van der Waals surface area contributed by atoms with Gasteiger partial charge in [0.25, 0.3) is 0 Å². The maximum atomic E-state index is 13.2. The Morgan fingerprint density at radius 2 is 2.21 bits per heavy atom. The Balaban J connectivity index is 3.09. The highest BCUT2D eigenvalue weighted by atomic mass is 19.1. The number of carbonyl (C=O) groups is 1. The fourth-order valence-electron chi connectivity index (χ4n) is 1.13. The van der Waals surface area contributed by atoms with Gasteiger partial charge in [-0.1, -0.05) is 0 Å². The zero-order valence-corrected chi connectivity index (χ0v) is 8.10. The van der Waals surface area contributed by atoms with E-state index in [2.05, 4.69) is 5.32 Å². The first-order chi connectivity index (χ1) is 6.56. The highest BCUT2D eigenvalue weighted by Gasteiger charge is 2.13. The van der Waals surface area contributed by atoms with Crippen LogP contribution in [0.5, 0.6) is 5.75 Å². The van der Waals surface area contributed by atoms with Crippen molar-refractivity contribution in [1.82, 2.24) is 5.32 Å². The van der Waals surface area contributed by atoms with Gasteiger partial charge in [-0.05, 0) is 31.7 Å². The highest BCUT2D eigenvalue weighted by Crippen LogP contribution is 2.20. The third kappa shape index (κ3) is 2.09. The zero-order valence-electron chi connectivity index (χ0n) is 8.10. The van der Waals surface area contributed by atoms with Gasteiger partial charge in [0.2, 0.25) is 0 Å². The summed E-state index contributed by atoms with van der Waals surface area (Å²) in [7, 11) is 1.60. The normalized spacial score (nSPS) is 10.2. The fourth-order valence-corrected chi connectivity index (χ4v) is 1.13. The number of phenolic OH excluding ortho intramolecular Hbond substituents is 1. The average molecular weight is 197 g/mol. The smallest absolute Gasteiger partial charge is 0.179 e. The lowest BCUT2D eigenvalue weighted by atomic mass is 10.1. The molecule has 0 saturated carbocycles. The maximum absolute atomic E-state index is 13.2. The Hall–Kier alpha value is -1.42. The van der Waals surface area contributed by atoms with Gasteiger partial charge in [0, 0.05) is 0 Å². The third-order valence-electron chi connectivity index (χ3n) is 1.92. The van der Waals surface area contributed by atoms with E-state index < -0.39 is 5.82 Å². The van der Waals surface area contributed by atoms with Crippen LogP contribution in [-0.4, -0.2) is 24.5 Å². The van der Waals surface area contributed by atoms with Crippen LogP contribution in [0.15, 0.2) is 12.1 Å². The molecule has 0 fully saturated rings. The maximum Gasteiger partial charge on any atom is 0.179 e. The second-order valence-corrected chi connectivity index (χ2v) is 3.07. The van der Waals surface area contributed by atoms with E-state index in [1.807, 2.05) is 0 Å². The van der Waals surface area contributed by atoms with Crippen LogP contribution < -0.4 is 5.32 Å². The molecule has 0 heterocycles. The molecule has 0 aliphatic rings. The lowest BCUT2D eigenvalue weighted by Gasteiger charge is -2.04. The Bertz CT molecular complexity index is 363. The van der Waals surface area contributed by atoms with E-state index in [1.165, 1.54) is 0 Å². The lowest BCUT2D eigenvalue weighted by Crippen LogP contribution is -2.19. The minimum absolute atomic E-state index is 0.0550. The Morgan fingerprint density at radius 3 is 2.79 bits per heavy atom. The molecule has 0 atom stereocenters. The van der Waals surface area contributed by atoms with E-state index in [-0.39, 0.29) is 23.6 Å². The van der Waals surface area contributed by atoms with Gasteiger partial charge in [-0.25, -0.2) is 4.39 Å². The van der Waals surface area contributed by atoms with Crippen LogP contribution in [0.2, 0.25) is 0 Å². The third-order valence-corrected chi connectivity index (χ3v) is 1.92. The number of nitrogens with one attached hydrogen (secondary N) is 1. The van der Waals surface area contributed by atoms with Gasteiger partial charge in [0.05, 0.1) is 12.1 Å². The topological polar surface area (TPSA) is 49.3 Å². The molecule has 3 nitrogen and oxygen atoms in total. The Morgan fingerprint density at radius 1 is 1.57 bits per heavy atom. The van der Waals surface area contributed by atoms with E-state index in [0.29, 0.717) is 5.56 Å². The second-order valence-electron chi connectivity index (χ2n) is 3.07. The van der Waals surface area contributed by atoms with Gasteiger partial charge in [-0.2, -0.15) is 0 Å². The first-order valence-electron chi connectivity index (χ1n) is 4.23. The van der Waals surface area contributed by atoms with Crippen molar-refractivity contribution in [3.63, 3.8) is 0 Å². The molecule has 0 aliphatic carbocycles. The van der Waals surface area contributed by atoms with Crippen LogP contribution >= 0.6 is 0 Å². The van der Waals surface area contributed by atoms with Crippen molar-refractivity contribution in [2.75, 3.05) is 13.6 Å². The average Bonchev–Trinajstić information content (AvgIpc) is 2.11. The van der Waals surface area contributed by atoms with Crippen molar-refractivity contribution in [2.45, 2.75) is 6.92 Å². The van der Waals surface area contributed by atoms with Crippen LogP contribution in [0.3, 0.4) is 0 Å². The number of hydrogen-bond donors (Lipinski definition) is 2. The number of rotatable bonds is 3. The van der Waals surface area contributed by atoms with Crippen LogP contribution in [0.25, 0.3) is 0 Å². The van der Waals surface area contributed by atoms with Crippen molar-refractivity contribution < 1.29 is 14.3 Å². The van der Waals surface area contributed by atoms with Crippen molar-refractivity contribution in [1.29, 1.82) is 0 Å². The molecule has 0 aromatic heterocycles. The summed E-state index contributed by atoms with van der Waals surface area (Å²) in [5, 5.41) is 11.9. The molecule has 1 aromatic rings. The molecule has 0 saturated heterocycles. The summed E-state index contributed by atoms with van der Waals surface area (Å²) in [6.45, 7) is 1.63. The van der Waals surface area contributed by atoms with Gasteiger partial charge >= 0.3 is 0 Å². The van der Waals surface area contributed by atoms with Crippen molar-refractivity contribution in [3.8, 4) is 5.75 Å². The summed E-state index contributed by atoms with van der Waals surface area (Å²) in [4.78, 5) is 11.3. The SMILES string of the molecule is CNCC(=O)c1cc(O)c(C)cc1F. The quantitative estimate of drug-likeness (QED) is 0.717.